The van der Waals surface area contributed by atoms with Crippen molar-refractivity contribution in [1.82, 2.24) is 30.0 Å². The van der Waals surface area contributed by atoms with Crippen molar-refractivity contribution in [3.8, 4) is 11.4 Å². The van der Waals surface area contributed by atoms with Crippen molar-refractivity contribution in [2.24, 2.45) is 0 Å². The molecule has 0 spiro atoms. The highest BCUT2D eigenvalue weighted by molar-refractivity contribution is 5.76. The second-order valence-corrected chi connectivity index (χ2v) is 7.16. The summed E-state index contributed by atoms with van der Waals surface area (Å²) in [7, 11) is 0. The van der Waals surface area contributed by atoms with Gasteiger partial charge in [0.1, 0.15) is 5.82 Å². The largest absolute Gasteiger partial charge is 0.336 e. The van der Waals surface area contributed by atoms with Crippen molar-refractivity contribution >= 4 is 11.2 Å². The fourth-order valence-corrected chi connectivity index (χ4v) is 3.77. The maximum atomic E-state index is 4.66. The molecule has 4 aromatic rings. The van der Waals surface area contributed by atoms with Crippen molar-refractivity contribution in [3.05, 3.63) is 66.1 Å². The number of benzene rings is 1. The maximum absolute atomic E-state index is 4.66. The van der Waals surface area contributed by atoms with E-state index in [0.29, 0.717) is 5.92 Å². The number of fused-ring (bicyclic) bond motifs is 1. The molecule has 1 aromatic carbocycles. The molecule has 1 fully saturated rings. The van der Waals surface area contributed by atoms with E-state index < -0.39 is 0 Å². The number of piperidine rings is 1. The Hall–Kier alpha value is -2.99. The van der Waals surface area contributed by atoms with Crippen molar-refractivity contribution in [1.29, 1.82) is 0 Å². The molecule has 6 nitrogen and oxygen atoms in total. The van der Waals surface area contributed by atoms with E-state index in [0.717, 1.165) is 42.2 Å². The highest BCUT2D eigenvalue weighted by atomic mass is 15.3. The Balaban J connectivity index is 1.40. The van der Waals surface area contributed by atoms with Gasteiger partial charge < -0.3 is 10.3 Å². The smallest absolute Gasteiger partial charge is 0.178 e. The Bertz CT molecular complexity index is 1040. The van der Waals surface area contributed by atoms with Crippen molar-refractivity contribution in [3.63, 3.8) is 0 Å². The lowest BCUT2D eigenvalue weighted by atomic mass is 9.91. The summed E-state index contributed by atoms with van der Waals surface area (Å²) in [5.41, 5.74) is 5.27. The standard InChI is InChI=1S/C21H22N6/c1-2-4-15(5-3-1)13-27-14-18(12-24-27)20-25-19-10-17(11-23-21(19)26-20)16-6-8-22-9-7-16/h1-5,10-12,14,16,22H,6-9,13H2,(H,23,25,26). The molecule has 0 amide bonds. The van der Waals surface area contributed by atoms with Gasteiger partial charge in [-0.05, 0) is 49.0 Å². The average molecular weight is 358 g/mol. The van der Waals surface area contributed by atoms with E-state index in [-0.39, 0.29) is 0 Å². The van der Waals surface area contributed by atoms with Crippen LogP contribution >= 0.6 is 0 Å². The number of hydrogen-bond donors (Lipinski definition) is 2. The Morgan fingerprint density at radius 1 is 1.07 bits per heavy atom. The molecule has 0 saturated carbocycles. The molecule has 136 valence electrons. The zero-order valence-corrected chi connectivity index (χ0v) is 15.1. The molecular formula is C21H22N6. The predicted molar refractivity (Wildman–Crippen MR) is 105 cm³/mol. The van der Waals surface area contributed by atoms with E-state index >= 15 is 0 Å². The first kappa shape index (κ1) is 16.2. The molecule has 6 heteroatoms. The average Bonchev–Trinajstić information content (AvgIpc) is 3.35. The first-order chi connectivity index (χ1) is 13.3. The third kappa shape index (κ3) is 3.36. The van der Waals surface area contributed by atoms with Gasteiger partial charge in [-0.25, -0.2) is 9.97 Å². The summed E-state index contributed by atoms with van der Waals surface area (Å²) >= 11 is 0. The molecule has 0 bridgehead atoms. The van der Waals surface area contributed by atoms with Crippen LogP contribution in [0.25, 0.3) is 22.6 Å². The molecular weight excluding hydrogens is 336 g/mol. The van der Waals surface area contributed by atoms with E-state index in [1.165, 1.54) is 24.0 Å². The molecule has 2 N–H and O–H groups in total. The maximum Gasteiger partial charge on any atom is 0.178 e. The van der Waals surface area contributed by atoms with Crippen molar-refractivity contribution in [2.45, 2.75) is 25.3 Å². The van der Waals surface area contributed by atoms with Gasteiger partial charge in [-0.1, -0.05) is 30.3 Å². The second-order valence-electron chi connectivity index (χ2n) is 7.16. The van der Waals surface area contributed by atoms with Gasteiger partial charge in [0.25, 0.3) is 0 Å². The van der Waals surface area contributed by atoms with E-state index in [4.69, 9.17) is 0 Å². The molecule has 27 heavy (non-hydrogen) atoms. The van der Waals surface area contributed by atoms with Gasteiger partial charge in [-0.15, -0.1) is 0 Å². The lowest BCUT2D eigenvalue weighted by Crippen LogP contribution is -2.26. The van der Waals surface area contributed by atoms with Gasteiger partial charge >= 0.3 is 0 Å². The topological polar surface area (TPSA) is 71.4 Å². The van der Waals surface area contributed by atoms with Crippen molar-refractivity contribution in [2.75, 3.05) is 13.1 Å². The molecule has 4 heterocycles. The summed E-state index contributed by atoms with van der Waals surface area (Å²) in [6.07, 6.45) is 8.20. The number of nitrogens with zero attached hydrogens (tertiary/aromatic N) is 4. The lowest BCUT2D eigenvalue weighted by Gasteiger charge is -2.22. The van der Waals surface area contributed by atoms with E-state index in [1.807, 2.05) is 41.5 Å². The normalized spacial score (nSPS) is 15.4. The number of pyridine rings is 1. The summed E-state index contributed by atoms with van der Waals surface area (Å²) in [5.74, 6) is 1.41. The Labute approximate surface area is 157 Å². The Kier molecular flexibility index (Phi) is 4.18. The van der Waals surface area contributed by atoms with Crippen LogP contribution in [-0.2, 0) is 6.54 Å². The third-order valence-electron chi connectivity index (χ3n) is 5.26. The van der Waals surface area contributed by atoms with Crippen LogP contribution in [0.1, 0.15) is 29.9 Å². The SMILES string of the molecule is c1ccc(Cn2cc(-c3nc4ncc(C5CCNCC5)cc4[nH]3)cn2)cc1. The minimum Gasteiger partial charge on any atom is -0.336 e. The Morgan fingerprint density at radius 2 is 1.93 bits per heavy atom. The van der Waals surface area contributed by atoms with Crippen LogP contribution in [0.3, 0.4) is 0 Å². The van der Waals surface area contributed by atoms with Gasteiger partial charge in [0.2, 0.25) is 0 Å². The molecule has 5 rings (SSSR count). The van der Waals surface area contributed by atoms with Crippen LogP contribution in [0, 0.1) is 0 Å². The minimum atomic E-state index is 0.587. The zero-order chi connectivity index (χ0) is 18.1. The van der Waals surface area contributed by atoms with Crippen LogP contribution in [0.2, 0.25) is 0 Å². The first-order valence-corrected chi connectivity index (χ1v) is 9.48. The monoisotopic (exact) mass is 358 g/mol. The van der Waals surface area contributed by atoms with Gasteiger partial charge in [0, 0.05) is 12.4 Å². The summed E-state index contributed by atoms with van der Waals surface area (Å²) in [4.78, 5) is 12.7. The van der Waals surface area contributed by atoms with E-state index in [2.05, 4.69) is 43.6 Å². The molecule has 1 saturated heterocycles. The van der Waals surface area contributed by atoms with Gasteiger partial charge in [-0.3, -0.25) is 4.68 Å². The second kappa shape index (κ2) is 6.96. The predicted octanol–water partition coefficient (Wildman–Crippen LogP) is 3.34. The summed E-state index contributed by atoms with van der Waals surface area (Å²) < 4.78 is 1.94. The molecule has 1 aliphatic rings. The molecule has 1 aliphatic heterocycles. The summed E-state index contributed by atoms with van der Waals surface area (Å²) in [5, 5.41) is 7.90. The number of aromatic nitrogens is 5. The van der Waals surface area contributed by atoms with Gasteiger partial charge in [-0.2, -0.15) is 5.10 Å². The number of rotatable bonds is 4. The van der Waals surface area contributed by atoms with Gasteiger partial charge in [0.15, 0.2) is 5.65 Å². The third-order valence-corrected chi connectivity index (χ3v) is 5.26. The fraction of sp³-hybridized carbons (Fsp3) is 0.286. The zero-order valence-electron chi connectivity index (χ0n) is 15.1. The van der Waals surface area contributed by atoms with E-state index in [9.17, 15) is 0 Å². The van der Waals surface area contributed by atoms with Gasteiger partial charge in [0.05, 0.1) is 23.8 Å². The number of aromatic amines is 1. The Morgan fingerprint density at radius 3 is 2.78 bits per heavy atom. The highest BCUT2D eigenvalue weighted by Gasteiger charge is 2.17. The first-order valence-electron chi connectivity index (χ1n) is 9.48. The molecule has 3 aromatic heterocycles. The molecule has 0 aliphatic carbocycles. The number of hydrogen-bond acceptors (Lipinski definition) is 4. The van der Waals surface area contributed by atoms with Crippen LogP contribution in [0.4, 0.5) is 0 Å². The van der Waals surface area contributed by atoms with Crippen molar-refractivity contribution < 1.29 is 0 Å². The van der Waals surface area contributed by atoms with Crippen LogP contribution < -0.4 is 5.32 Å². The van der Waals surface area contributed by atoms with Crippen LogP contribution in [0.15, 0.2) is 55.0 Å². The fourth-order valence-electron chi connectivity index (χ4n) is 3.77. The minimum absolute atomic E-state index is 0.587. The molecule has 0 unspecified atom stereocenters. The lowest BCUT2D eigenvalue weighted by molar-refractivity contribution is 0.460. The van der Waals surface area contributed by atoms with Crippen LogP contribution in [-0.4, -0.2) is 37.8 Å². The number of nitrogens with one attached hydrogen (secondary N) is 2. The van der Waals surface area contributed by atoms with E-state index in [1.54, 1.807) is 0 Å². The number of imidazole rings is 1. The number of H-pyrrole nitrogens is 1. The summed E-state index contributed by atoms with van der Waals surface area (Å²) in [6.45, 7) is 2.91. The highest BCUT2D eigenvalue weighted by Crippen LogP contribution is 2.27. The van der Waals surface area contributed by atoms with Crippen LogP contribution in [0.5, 0.6) is 0 Å². The molecule has 0 radical (unpaired) electrons. The quantitative estimate of drug-likeness (QED) is 0.587. The molecule has 0 atom stereocenters. The summed E-state index contributed by atoms with van der Waals surface area (Å²) in [6, 6.07) is 12.5.